The summed E-state index contributed by atoms with van der Waals surface area (Å²) in [7, 11) is 0. The number of cyclic esters (lactones) is 3. The normalized spacial score (nSPS) is 41.0. The molecule has 0 aromatic rings. The van der Waals surface area contributed by atoms with E-state index in [9.17, 15) is 33.6 Å². The molecule has 6 saturated carbocycles. The van der Waals surface area contributed by atoms with Gasteiger partial charge in [0.1, 0.15) is 12.2 Å². The zero-order valence-corrected chi connectivity index (χ0v) is 41.2. The monoisotopic (exact) mass is 927 g/mol. The van der Waals surface area contributed by atoms with Gasteiger partial charge in [-0.1, -0.05) is 41.5 Å². The van der Waals surface area contributed by atoms with E-state index in [0.29, 0.717) is 81.0 Å². The second kappa shape index (κ2) is 20.1. The van der Waals surface area contributed by atoms with Crippen molar-refractivity contribution < 1.29 is 66.7 Å². The van der Waals surface area contributed by atoms with Crippen molar-refractivity contribution in [1.29, 1.82) is 0 Å². The highest BCUT2D eigenvalue weighted by molar-refractivity contribution is 5.83. The maximum atomic E-state index is 12.2. The summed E-state index contributed by atoms with van der Waals surface area (Å²) >= 11 is 0. The van der Waals surface area contributed by atoms with E-state index in [1.807, 2.05) is 27.7 Å². The van der Waals surface area contributed by atoms with Gasteiger partial charge in [-0.05, 0) is 145 Å². The van der Waals surface area contributed by atoms with Crippen molar-refractivity contribution in [3.63, 3.8) is 0 Å². The molecule has 18 atom stereocenters. The molecule has 0 aromatic carbocycles. The summed E-state index contributed by atoms with van der Waals surface area (Å²) in [5.74, 6) is 6.71. The first kappa shape index (κ1) is 50.2. The largest absolute Gasteiger partial charge is 0.466 e. The Morgan fingerprint density at radius 1 is 0.545 bits per heavy atom. The maximum absolute atomic E-state index is 12.2. The second-order valence-corrected chi connectivity index (χ2v) is 23.0. The lowest BCUT2D eigenvalue weighted by Crippen LogP contribution is -2.39. The van der Waals surface area contributed by atoms with Gasteiger partial charge in [0.25, 0.3) is 0 Å². The van der Waals surface area contributed by atoms with Crippen LogP contribution in [0.3, 0.4) is 0 Å². The lowest BCUT2D eigenvalue weighted by Gasteiger charge is -2.37. The van der Waals surface area contributed by atoms with E-state index >= 15 is 0 Å². The van der Waals surface area contributed by atoms with Gasteiger partial charge < -0.3 is 33.2 Å². The molecule has 370 valence electrons. The molecule has 10 rings (SSSR count). The third-order valence-electron chi connectivity index (χ3n) is 18.7. The predicted octanol–water partition coefficient (Wildman–Crippen LogP) is 7.84. The Labute approximate surface area is 391 Å². The average Bonchev–Trinajstić information content (AvgIpc) is 4.18. The number of rotatable bonds is 9. The molecule has 0 amide bonds. The first-order valence-electron chi connectivity index (χ1n) is 25.5. The number of hydrogen-bond acceptors (Lipinski definition) is 14. The molecule has 0 spiro atoms. The number of carbonyl (C=O) groups excluding carboxylic acids is 7. The zero-order chi connectivity index (χ0) is 48.0. The van der Waals surface area contributed by atoms with Gasteiger partial charge in [0.2, 0.25) is 12.2 Å². The lowest BCUT2D eigenvalue weighted by atomic mass is 9.69. The van der Waals surface area contributed by atoms with E-state index in [4.69, 9.17) is 33.2 Å². The Bertz CT molecular complexity index is 1840. The fourth-order valence-electron chi connectivity index (χ4n) is 13.1. The summed E-state index contributed by atoms with van der Waals surface area (Å²) in [4.78, 5) is 81.1. The van der Waals surface area contributed by atoms with Crippen LogP contribution in [0.5, 0.6) is 0 Å². The summed E-state index contributed by atoms with van der Waals surface area (Å²) < 4.78 is 36.0. The minimum absolute atomic E-state index is 0.00889. The van der Waals surface area contributed by atoms with Crippen LogP contribution in [-0.4, -0.2) is 86.0 Å². The van der Waals surface area contributed by atoms with E-state index in [0.717, 1.165) is 74.0 Å². The van der Waals surface area contributed by atoms with Crippen molar-refractivity contribution in [2.24, 2.45) is 93.7 Å². The molecule has 6 bridgehead atoms. The highest BCUT2D eigenvalue weighted by Gasteiger charge is 2.63. The molecule has 66 heavy (non-hydrogen) atoms. The summed E-state index contributed by atoms with van der Waals surface area (Å²) in [5, 5.41) is 0. The van der Waals surface area contributed by atoms with Gasteiger partial charge in [-0.3, -0.25) is 24.0 Å². The molecule has 4 saturated heterocycles. The van der Waals surface area contributed by atoms with Crippen LogP contribution in [0.25, 0.3) is 0 Å². The number of ether oxygens (including phenoxy) is 7. The fourth-order valence-corrected chi connectivity index (χ4v) is 13.1. The van der Waals surface area contributed by atoms with E-state index in [1.165, 1.54) is 12.8 Å². The van der Waals surface area contributed by atoms with Gasteiger partial charge in [-0.25, -0.2) is 9.59 Å². The summed E-state index contributed by atoms with van der Waals surface area (Å²) in [6.07, 6.45) is 9.24. The van der Waals surface area contributed by atoms with Gasteiger partial charge in [-0.2, -0.15) is 0 Å². The quantitative estimate of drug-likeness (QED) is 0.161. The van der Waals surface area contributed by atoms with E-state index in [2.05, 4.69) is 27.7 Å². The molecular formula is C52H78O14. The topological polar surface area (TPSA) is 184 Å². The molecule has 14 nitrogen and oxygen atoms in total. The Balaban J connectivity index is 0.000000132. The van der Waals surface area contributed by atoms with E-state index < -0.39 is 29.0 Å². The van der Waals surface area contributed by atoms with Crippen molar-refractivity contribution in [3.8, 4) is 0 Å². The van der Waals surface area contributed by atoms with Crippen LogP contribution in [0.4, 0.5) is 0 Å². The number of esters is 7. The molecule has 0 radical (unpaired) electrons. The number of hydrogen-bond donors (Lipinski definition) is 0. The highest BCUT2D eigenvalue weighted by Crippen LogP contribution is 2.59. The smallest absolute Gasteiger partial charge is 0.347 e. The van der Waals surface area contributed by atoms with Crippen LogP contribution < -0.4 is 0 Å². The molecule has 18 unspecified atom stereocenters. The second-order valence-electron chi connectivity index (χ2n) is 23.0. The molecule has 0 aromatic heterocycles. The van der Waals surface area contributed by atoms with Crippen molar-refractivity contribution >= 4 is 41.8 Å². The zero-order valence-electron chi connectivity index (χ0n) is 41.2. The van der Waals surface area contributed by atoms with Crippen LogP contribution in [0.2, 0.25) is 0 Å². The summed E-state index contributed by atoms with van der Waals surface area (Å²) in [5.41, 5.74) is -0.979. The maximum Gasteiger partial charge on any atom is 0.347 e. The molecule has 14 heteroatoms. The minimum atomic E-state index is -0.687. The summed E-state index contributed by atoms with van der Waals surface area (Å²) in [6.45, 7) is 22.0. The molecule has 4 heterocycles. The number of carbonyl (C=O) groups is 7. The number of fused-ring (bicyclic) bond motifs is 5. The molecule has 4 aliphatic heterocycles. The molecule has 10 fully saturated rings. The van der Waals surface area contributed by atoms with Crippen LogP contribution >= 0.6 is 0 Å². The Hall–Kier alpha value is -3.71. The first-order chi connectivity index (χ1) is 31.1. The third-order valence-corrected chi connectivity index (χ3v) is 18.7. The molecule has 6 aliphatic carbocycles. The Kier molecular flexibility index (Phi) is 15.3. The van der Waals surface area contributed by atoms with Crippen molar-refractivity contribution in [3.05, 3.63) is 0 Å². The first-order valence-corrected chi connectivity index (χ1v) is 25.5. The average molecular weight is 927 g/mol. The van der Waals surface area contributed by atoms with Gasteiger partial charge >= 0.3 is 41.8 Å². The Morgan fingerprint density at radius 2 is 1.06 bits per heavy atom. The van der Waals surface area contributed by atoms with Gasteiger partial charge in [-0.15, -0.1) is 0 Å². The van der Waals surface area contributed by atoms with Gasteiger partial charge in [0.15, 0.2) is 0 Å². The van der Waals surface area contributed by atoms with E-state index in [-0.39, 0.29) is 59.9 Å². The van der Waals surface area contributed by atoms with Crippen molar-refractivity contribution in [1.82, 2.24) is 0 Å². The van der Waals surface area contributed by atoms with E-state index in [1.54, 1.807) is 13.8 Å². The van der Waals surface area contributed by atoms with Crippen LogP contribution in [0.15, 0.2) is 0 Å². The van der Waals surface area contributed by atoms with Crippen LogP contribution in [0.1, 0.15) is 146 Å². The van der Waals surface area contributed by atoms with Gasteiger partial charge in [0, 0.05) is 31.1 Å². The lowest BCUT2D eigenvalue weighted by molar-refractivity contribution is -0.170. The Morgan fingerprint density at radius 3 is 1.58 bits per heavy atom. The van der Waals surface area contributed by atoms with Gasteiger partial charge in [0.05, 0.1) is 42.5 Å². The minimum Gasteiger partial charge on any atom is -0.466 e. The van der Waals surface area contributed by atoms with Crippen LogP contribution in [0, 0.1) is 93.7 Å². The summed E-state index contributed by atoms with van der Waals surface area (Å²) in [6, 6.07) is 0. The SMILES string of the molecule is CC1C2CC(C(=O)OC3CCOC3=O)C(C2)C1C.CC1C2CC(C3CCOC(=O)C3)C(C2)C1C.CCC(C)(C)C(=O)OC1C2CC3C(=O)OC1C3C2.CCC(C)(C)C(=O)OC1CCOC1=O. The standard InChI is InChI=1S/2C14H20O4.C14H22O2.C10H16O4/c1-7-8(2)10-5-9(7)6-11(10)13(15)18-12-3-4-17-14(12)16;1-4-14(2,3)13(16)18-10-7-5-8-9(6-7)12(15)17-11(8)10;1-8-9(2)12-5-11(8)6-13(12)10-3-4-16-14(15)7-10;1-4-10(2,3)9(12)14-7-5-6-13-8(7)11/h7-12H,3-6H2,1-2H3;7-11H,4-6H2,1-3H3;8-13H,3-7H2,1-2H3;7H,4-6H2,1-3H3. The van der Waals surface area contributed by atoms with Crippen molar-refractivity contribution in [2.75, 3.05) is 19.8 Å². The van der Waals surface area contributed by atoms with Crippen molar-refractivity contribution in [2.45, 2.75) is 171 Å². The van der Waals surface area contributed by atoms with Crippen LogP contribution in [-0.2, 0) is 66.7 Å². The third kappa shape index (κ3) is 10.2. The molecular weight excluding hydrogens is 849 g/mol. The predicted molar refractivity (Wildman–Crippen MR) is 238 cm³/mol. The fraction of sp³-hybridized carbons (Fsp3) is 0.865. The molecule has 10 aliphatic rings. The highest BCUT2D eigenvalue weighted by atomic mass is 16.6. The molecule has 0 N–H and O–H groups in total.